The van der Waals surface area contributed by atoms with Crippen LogP contribution in [0.5, 0.6) is 0 Å². The highest BCUT2D eigenvalue weighted by Gasteiger charge is 2.43. The van der Waals surface area contributed by atoms with E-state index in [1.807, 2.05) is 0 Å². The Morgan fingerprint density at radius 3 is 2.34 bits per heavy atom. The molecule has 1 aliphatic carbocycles. The van der Waals surface area contributed by atoms with Crippen molar-refractivity contribution in [2.75, 3.05) is 34.9 Å². The Hall–Kier alpha value is -1.91. The molecule has 0 aromatic heterocycles. The van der Waals surface area contributed by atoms with E-state index in [9.17, 15) is 17.9 Å². The van der Waals surface area contributed by atoms with Crippen LogP contribution in [0.2, 0.25) is 0 Å². The lowest BCUT2D eigenvalue weighted by Crippen LogP contribution is -2.37. The highest BCUT2D eigenvalue weighted by atomic mass is 32.3. The molecule has 3 N–H and O–H groups in total. The molecule has 1 fully saturated rings. The van der Waals surface area contributed by atoms with Gasteiger partial charge >= 0.3 is 0 Å². The van der Waals surface area contributed by atoms with Crippen molar-refractivity contribution in [3.05, 3.63) is 54.1 Å². The molecule has 0 amide bonds. The summed E-state index contributed by atoms with van der Waals surface area (Å²) >= 11 is 0. The van der Waals surface area contributed by atoms with Crippen LogP contribution in [0, 0.1) is 11.6 Å². The zero-order valence-electron chi connectivity index (χ0n) is 15.9. The first kappa shape index (κ1) is 20.4. The summed E-state index contributed by atoms with van der Waals surface area (Å²) in [6.07, 6.45) is 3.67. The molecular weight excluding hydrogens is 400 g/mol. The molecule has 0 atom stereocenters. The summed E-state index contributed by atoms with van der Waals surface area (Å²) in [6.45, 7) is 1.68. The van der Waals surface area contributed by atoms with Gasteiger partial charge in [-0.15, -0.1) is 0 Å². The van der Waals surface area contributed by atoms with E-state index < -0.39 is 28.3 Å². The number of nitrogens with zero attached hydrogens (tertiary/aromatic N) is 2. The Morgan fingerprint density at radius 1 is 1.00 bits per heavy atom. The predicted molar refractivity (Wildman–Crippen MR) is 112 cm³/mol. The smallest absolute Gasteiger partial charge is 0.151 e. The molecule has 1 heterocycles. The van der Waals surface area contributed by atoms with Crippen molar-refractivity contribution in [3.63, 3.8) is 0 Å². The molecule has 1 aliphatic heterocycles. The van der Waals surface area contributed by atoms with Crippen molar-refractivity contribution in [1.82, 2.24) is 5.32 Å². The van der Waals surface area contributed by atoms with Crippen LogP contribution >= 0.6 is 11.0 Å². The maximum absolute atomic E-state index is 14.4. The van der Waals surface area contributed by atoms with Gasteiger partial charge in [0, 0.05) is 12.6 Å². The molecular formula is C20H25F2N3O3S. The number of para-hydroxylation sites is 3. The molecule has 0 unspecified atom stereocenters. The second kappa shape index (κ2) is 8.45. The van der Waals surface area contributed by atoms with Crippen molar-refractivity contribution in [2.45, 2.75) is 25.3 Å². The fraction of sp³-hybridized carbons (Fsp3) is 0.400. The Labute approximate surface area is 170 Å². The standard InChI is InChI=1S/C20H25F2N3O3S/c21-16-7-4-8-17(22)20(16)25-19-10-2-1-9-18(19)24(29(25,26)27)12-14-28-13-11-23-15-5-3-6-15/h1-2,4,7-10,15,23,26-27H,3,5-6,11-14H2. The van der Waals surface area contributed by atoms with Crippen LogP contribution in [-0.2, 0) is 4.74 Å². The van der Waals surface area contributed by atoms with E-state index in [2.05, 4.69) is 5.32 Å². The zero-order chi connectivity index (χ0) is 20.4. The molecule has 0 radical (unpaired) electrons. The fourth-order valence-corrected chi connectivity index (χ4v) is 5.35. The summed E-state index contributed by atoms with van der Waals surface area (Å²) in [5, 5.41) is 3.40. The number of hydrogen-bond acceptors (Lipinski definition) is 6. The molecule has 0 saturated heterocycles. The molecule has 9 heteroatoms. The fourth-order valence-electron chi connectivity index (χ4n) is 3.58. The van der Waals surface area contributed by atoms with E-state index in [0.29, 0.717) is 24.0 Å². The minimum Gasteiger partial charge on any atom is -0.378 e. The molecule has 0 bridgehead atoms. The SMILES string of the molecule is OS1(O)N(CCOCCNC2CCC2)c2ccccc2N1c1c(F)cccc1F. The third-order valence-electron chi connectivity index (χ3n) is 5.27. The summed E-state index contributed by atoms with van der Waals surface area (Å²) < 4.78 is 58.7. The van der Waals surface area contributed by atoms with Gasteiger partial charge in [0.15, 0.2) is 11.6 Å². The van der Waals surface area contributed by atoms with Gasteiger partial charge in [-0.3, -0.25) is 9.11 Å². The van der Waals surface area contributed by atoms with Crippen molar-refractivity contribution in [3.8, 4) is 0 Å². The number of halogens is 2. The van der Waals surface area contributed by atoms with Crippen LogP contribution in [0.4, 0.5) is 25.8 Å². The average molecular weight is 426 g/mol. The minimum atomic E-state index is -3.70. The highest BCUT2D eigenvalue weighted by molar-refractivity contribution is 8.27. The molecule has 6 nitrogen and oxygen atoms in total. The number of benzene rings is 2. The van der Waals surface area contributed by atoms with Crippen molar-refractivity contribution in [1.29, 1.82) is 0 Å². The van der Waals surface area contributed by atoms with E-state index in [1.165, 1.54) is 29.6 Å². The Bertz CT molecular complexity index is 846. The van der Waals surface area contributed by atoms with Gasteiger partial charge in [0.1, 0.15) is 5.69 Å². The number of fused-ring (bicyclic) bond motifs is 1. The lowest BCUT2D eigenvalue weighted by atomic mass is 9.93. The normalized spacial score (nSPS) is 19.2. The Morgan fingerprint density at radius 2 is 1.69 bits per heavy atom. The summed E-state index contributed by atoms with van der Waals surface area (Å²) in [6, 6.07) is 10.7. The van der Waals surface area contributed by atoms with Crippen LogP contribution in [0.3, 0.4) is 0 Å². The number of nitrogens with one attached hydrogen (secondary N) is 1. The zero-order valence-corrected chi connectivity index (χ0v) is 16.7. The summed E-state index contributed by atoms with van der Waals surface area (Å²) in [7, 11) is -3.70. The first-order valence-electron chi connectivity index (χ1n) is 9.70. The number of hydrogen-bond donors (Lipinski definition) is 3. The van der Waals surface area contributed by atoms with Crippen molar-refractivity contribution >= 4 is 28.0 Å². The highest BCUT2D eigenvalue weighted by Crippen LogP contribution is 2.64. The largest absolute Gasteiger partial charge is 0.378 e. The number of ether oxygens (including phenoxy) is 1. The van der Waals surface area contributed by atoms with E-state index in [4.69, 9.17) is 4.74 Å². The van der Waals surface area contributed by atoms with Crippen LogP contribution in [-0.4, -0.2) is 41.5 Å². The summed E-state index contributed by atoms with van der Waals surface area (Å²) in [4.78, 5) is 0. The molecule has 29 heavy (non-hydrogen) atoms. The third-order valence-corrected chi connectivity index (χ3v) is 7.11. The first-order chi connectivity index (χ1) is 14.0. The first-order valence-corrected chi connectivity index (χ1v) is 11.2. The maximum Gasteiger partial charge on any atom is 0.151 e. The van der Waals surface area contributed by atoms with Gasteiger partial charge in [-0.1, -0.05) is 24.6 Å². The number of anilines is 3. The lowest BCUT2D eigenvalue weighted by Gasteiger charge is -2.43. The van der Waals surface area contributed by atoms with E-state index >= 15 is 0 Å². The second-order valence-corrected chi connectivity index (χ2v) is 8.93. The van der Waals surface area contributed by atoms with Crippen LogP contribution < -0.4 is 13.9 Å². The topological polar surface area (TPSA) is 68.2 Å². The molecule has 4 rings (SSSR count). The molecule has 2 aromatic rings. The molecule has 158 valence electrons. The van der Waals surface area contributed by atoms with Gasteiger partial charge in [-0.25, -0.2) is 17.4 Å². The van der Waals surface area contributed by atoms with Gasteiger partial charge in [-0.05, 0) is 48.1 Å². The van der Waals surface area contributed by atoms with Crippen LogP contribution in [0.25, 0.3) is 0 Å². The lowest BCUT2D eigenvalue weighted by molar-refractivity contribution is 0.137. The van der Waals surface area contributed by atoms with Gasteiger partial charge in [0.2, 0.25) is 0 Å². The predicted octanol–water partition coefficient (Wildman–Crippen LogP) is 4.66. The summed E-state index contributed by atoms with van der Waals surface area (Å²) in [5.41, 5.74) is 0.350. The third kappa shape index (κ3) is 3.93. The second-order valence-electron chi connectivity index (χ2n) is 7.14. The van der Waals surface area contributed by atoms with Crippen molar-refractivity contribution < 1.29 is 22.6 Å². The van der Waals surface area contributed by atoms with Crippen LogP contribution in [0.1, 0.15) is 19.3 Å². The maximum atomic E-state index is 14.4. The Balaban J connectivity index is 1.48. The van der Waals surface area contributed by atoms with Crippen LogP contribution in [0.15, 0.2) is 42.5 Å². The van der Waals surface area contributed by atoms with Gasteiger partial charge in [0.25, 0.3) is 0 Å². The monoisotopic (exact) mass is 425 g/mol. The van der Waals surface area contributed by atoms with E-state index in [-0.39, 0.29) is 13.2 Å². The van der Waals surface area contributed by atoms with Gasteiger partial charge in [0.05, 0.1) is 31.1 Å². The molecule has 2 aliphatic rings. The molecule has 0 spiro atoms. The molecule has 1 saturated carbocycles. The number of rotatable bonds is 8. The van der Waals surface area contributed by atoms with Gasteiger partial charge in [-0.2, -0.15) is 0 Å². The minimum absolute atomic E-state index is 0.176. The quantitative estimate of drug-likeness (QED) is 0.535. The average Bonchev–Trinajstić information content (AvgIpc) is 2.87. The summed E-state index contributed by atoms with van der Waals surface area (Å²) in [5.74, 6) is -1.72. The Kier molecular flexibility index (Phi) is 5.93. The van der Waals surface area contributed by atoms with E-state index in [0.717, 1.165) is 23.0 Å². The molecule has 2 aromatic carbocycles. The van der Waals surface area contributed by atoms with Gasteiger partial charge < -0.3 is 10.1 Å². The van der Waals surface area contributed by atoms with Crippen molar-refractivity contribution in [2.24, 2.45) is 0 Å². The van der Waals surface area contributed by atoms with E-state index in [1.54, 1.807) is 24.3 Å².